The molecule has 2 aliphatic heterocycles. The van der Waals surface area contributed by atoms with Gasteiger partial charge in [-0.3, -0.25) is 9.59 Å². The summed E-state index contributed by atoms with van der Waals surface area (Å²) in [6.07, 6.45) is 7.90. The number of pyridine rings is 1. The molecule has 1 aliphatic carbocycles. The number of hydrogen-bond acceptors (Lipinski definition) is 5. The molecule has 2 N–H and O–H groups in total. The Morgan fingerprint density at radius 1 is 1.30 bits per heavy atom. The molecule has 1 aromatic heterocycles. The Labute approximate surface area is 177 Å². The predicted octanol–water partition coefficient (Wildman–Crippen LogP) is 1.56. The van der Waals surface area contributed by atoms with Gasteiger partial charge in [0.05, 0.1) is 18.8 Å². The number of amides is 2. The first kappa shape index (κ1) is 21.0. The lowest BCUT2D eigenvalue weighted by Crippen LogP contribution is -2.48. The zero-order valence-corrected chi connectivity index (χ0v) is 17.7. The van der Waals surface area contributed by atoms with Gasteiger partial charge in [0.1, 0.15) is 5.69 Å². The molecule has 0 unspecified atom stereocenters. The lowest BCUT2D eigenvalue weighted by molar-refractivity contribution is -0.128. The highest BCUT2D eigenvalue weighted by molar-refractivity contribution is 5.93. The van der Waals surface area contributed by atoms with Crippen LogP contribution in [0.25, 0.3) is 0 Å². The van der Waals surface area contributed by atoms with Crippen molar-refractivity contribution >= 4 is 11.8 Å². The van der Waals surface area contributed by atoms with Gasteiger partial charge in [-0.2, -0.15) is 0 Å². The highest BCUT2D eigenvalue weighted by atomic mass is 16.5. The third-order valence-corrected chi connectivity index (χ3v) is 6.43. The first-order valence-corrected chi connectivity index (χ1v) is 11.0. The molecule has 4 rings (SSSR count). The van der Waals surface area contributed by atoms with Gasteiger partial charge in [0, 0.05) is 32.3 Å². The molecule has 0 spiro atoms. The first-order valence-electron chi connectivity index (χ1n) is 11.0. The second-order valence-electron chi connectivity index (χ2n) is 8.56. The van der Waals surface area contributed by atoms with Gasteiger partial charge in [0.2, 0.25) is 5.91 Å². The van der Waals surface area contributed by atoms with Gasteiger partial charge >= 0.3 is 0 Å². The van der Waals surface area contributed by atoms with Crippen molar-refractivity contribution in [3.8, 4) is 0 Å². The van der Waals surface area contributed by atoms with E-state index < -0.39 is 6.10 Å². The van der Waals surface area contributed by atoms with E-state index in [1.165, 1.54) is 16.7 Å². The van der Waals surface area contributed by atoms with Crippen molar-refractivity contribution in [2.45, 2.75) is 64.0 Å². The second kappa shape index (κ2) is 9.27. The highest BCUT2D eigenvalue weighted by Gasteiger charge is 2.27. The molecule has 162 valence electrons. The standard InChI is InChI=1S/C23H31N3O4/c1-15(27)26-9-6-16(7-10-26)12-17-13-21(24-19-5-3-2-4-18(17)19)23(29)25-20-8-11-30-14-22(20)28/h6,13,20,22,28H,2-5,7-12,14H2,1H3,(H,25,29)/t20-,22-/m0/s1. The van der Waals surface area contributed by atoms with Crippen molar-refractivity contribution in [1.29, 1.82) is 0 Å². The summed E-state index contributed by atoms with van der Waals surface area (Å²) in [6, 6.07) is 1.63. The lowest BCUT2D eigenvalue weighted by Gasteiger charge is -2.29. The molecule has 7 nitrogen and oxygen atoms in total. The molecule has 1 saturated heterocycles. The molecule has 1 fully saturated rings. The molecular formula is C23H31N3O4. The van der Waals surface area contributed by atoms with Crippen LogP contribution in [0.1, 0.15) is 59.9 Å². The van der Waals surface area contributed by atoms with Crippen molar-refractivity contribution in [3.63, 3.8) is 0 Å². The number of fused-ring (bicyclic) bond motifs is 1. The van der Waals surface area contributed by atoms with Gasteiger partial charge in [0.15, 0.2) is 0 Å². The molecule has 3 aliphatic rings. The number of aliphatic hydroxyl groups excluding tert-OH is 1. The predicted molar refractivity (Wildman–Crippen MR) is 112 cm³/mol. The third-order valence-electron chi connectivity index (χ3n) is 6.43. The quantitative estimate of drug-likeness (QED) is 0.731. The summed E-state index contributed by atoms with van der Waals surface area (Å²) >= 11 is 0. The summed E-state index contributed by atoms with van der Waals surface area (Å²) < 4.78 is 5.25. The fourth-order valence-electron chi connectivity index (χ4n) is 4.60. The van der Waals surface area contributed by atoms with E-state index in [4.69, 9.17) is 9.72 Å². The molecule has 7 heteroatoms. The Morgan fingerprint density at radius 2 is 2.13 bits per heavy atom. The monoisotopic (exact) mass is 413 g/mol. The van der Waals surface area contributed by atoms with Crippen LogP contribution < -0.4 is 5.32 Å². The van der Waals surface area contributed by atoms with Gasteiger partial charge in [-0.05, 0) is 62.1 Å². The van der Waals surface area contributed by atoms with E-state index in [-0.39, 0.29) is 24.5 Å². The molecule has 0 saturated carbocycles. The van der Waals surface area contributed by atoms with Crippen molar-refractivity contribution < 1.29 is 19.4 Å². The molecule has 0 aromatic carbocycles. The number of carbonyl (C=O) groups excluding carboxylic acids is 2. The smallest absolute Gasteiger partial charge is 0.270 e. The number of nitrogens with zero attached hydrogens (tertiary/aromatic N) is 2. The van der Waals surface area contributed by atoms with E-state index in [9.17, 15) is 14.7 Å². The lowest BCUT2D eigenvalue weighted by atomic mass is 9.88. The van der Waals surface area contributed by atoms with E-state index in [2.05, 4.69) is 11.4 Å². The average Bonchev–Trinajstić information content (AvgIpc) is 2.75. The number of aromatic nitrogens is 1. The molecule has 3 heterocycles. The summed E-state index contributed by atoms with van der Waals surface area (Å²) in [5.74, 6) is -0.114. The van der Waals surface area contributed by atoms with E-state index in [1.54, 1.807) is 6.92 Å². The van der Waals surface area contributed by atoms with Crippen LogP contribution in [0.5, 0.6) is 0 Å². The minimum absolute atomic E-state index is 0.112. The maximum atomic E-state index is 12.9. The van der Waals surface area contributed by atoms with Crippen molar-refractivity contribution in [2.75, 3.05) is 26.3 Å². The third kappa shape index (κ3) is 4.73. The summed E-state index contributed by atoms with van der Waals surface area (Å²) in [5.41, 5.74) is 5.26. The zero-order valence-electron chi connectivity index (χ0n) is 17.7. The fraction of sp³-hybridized carbons (Fsp3) is 0.609. The van der Waals surface area contributed by atoms with Crippen LogP contribution in [0.3, 0.4) is 0 Å². The molecular weight excluding hydrogens is 382 g/mol. The van der Waals surface area contributed by atoms with Gasteiger partial charge in [-0.15, -0.1) is 0 Å². The Balaban J connectivity index is 1.54. The first-order chi connectivity index (χ1) is 14.5. The van der Waals surface area contributed by atoms with Crippen molar-refractivity contribution in [2.24, 2.45) is 0 Å². The Kier molecular flexibility index (Phi) is 6.49. The minimum atomic E-state index is -0.684. The van der Waals surface area contributed by atoms with Crippen molar-refractivity contribution in [1.82, 2.24) is 15.2 Å². The number of rotatable bonds is 4. The van der Waals surface area contributed by atoms with Gasteiger partial charge in [-0.1, -0.05) is 11.6 Å². The van der Waals surface area contributed by atoms with Gasteiger partial charge in [-0.25, -0.2) is 4.98 Å². The van der Waals surface area contributed by atoms with Crippen LogP contribution in [0.2, 0.25) is 0 Å². The number of hydrogen-bond donors (Lipinski definition) is 2. The van der Waals surface area contributed by atoms with Crippen LogP contribution in [-0.2, 0) is 28.8 Å². The van der Waals surface area contributed by atoms with Crippen LogP contribution in [0, 0.1) is 0 Å². The summed E-state index contributed by atoms with van der Waals surface area (Å²) in [7, 11) is 0. The minimum Gasteiger partial charge on any atom is -0.389 e. The second-order valence-corrected chi connectivity index (χ2v) is 8.56. The maximum Gasteiger partial charge on any atom is 0.270 e. The van der Waals surface area contributed by atoms with Crippen LogP contribution in [0.4, 0.5) is 0 Å². The number of carbonyl (C=O) groups is 2. The Bertz CT molecular complexity index is 851. The fourth-order valence-corrected chi connectivity index (χ4v) is 4.60. The molecule has 0 radical (unpaired) electrons. The molecule has 2 atom stereocenters. The number of aliphatic hydroxyl groups is 1. The van der Waals surface area contributed by atoms with E-state index in [0.717, 1.165) is 50.8 Å². The summed E-state index contributed by atoms with van der Waals surface area (Å²) in [5, 5.41) is 13.0. The molecule has 30 heavy (non-hydrogen) atoms. The Morgan fingerprint density at radius 3 is 2.87 bits per heavy atom. The normalized spacial score (nSPS) is 24.1. The van der Waals surface area contributed by atoms with Gasteiger partial charge < -0.3 is 20.1 Å². The number of ether oxygens (including phenoxy) is 1. The molecule has 2 amide bonds. The van der Waals surface area contributed by atoms with Crippen LogP contribution in [0.15, 0.2) is 17.7 Å². The molecule has 1 aromatic rings. The van der Waals surface area contributed by atoms with Crippen molar-refractivity contribution in [3.05, 3.63) is 40.2 Å². The Hall–Kier alpha value is -2.25. The number of nitrogens with one attached hydrogen (secondary N) is 1. The highest BCUT2D eigenvalue weighted by Crippen LogP contribution is 2.27. The maximum absolute atomic E-state index is 12.9. The van der Waals surface area contributed by atoms with E-state index >= 15 is 0 Å². The van der Waals surface area contributed by atoms with E-state index in [1.807, 2.05) is 11.0 Å². The van der Waals surface area contributed by atoms with Crippen LogP contribution in [-0.4, -0.2) is 65.3 Å². The SMILES string of the molecule is CC(=O)N1CC=C(Cc2cc(C(=O)N[C@H]3CCOC[C@@H]3O)nc3c2CCCC3)CC1. The van der Waals surface area contributed by atoms with Crippen LogP contribution >= 0.6 is 0 Å². The summed E-state index contributed by atoms with van der Waals surface area (Å²) in [4.78, 5) is 31.0. The van der Waals surface area contributed by atoms with Gasteiger partial charge in [0.25, 0.3) is 5.91 Å². The largest absolute Gasteiger partial charge is 0.389 e. The summed E-state index contributed by atoms with van der Waals surface area (Å²) in [6.45, 7) is 3.81. The average molecular weight is 414 g/mol. The van der Waals surface area contributed by atoms with E-state index in [0.29, 0.717) is 25.3 Å². The topological polar surface area (TPSA) is 91.8 Å². The molecule has 0 bridgehead atoms. The number of aryl methyl sites for hydroxylation is 1. The zero-order chi connectivity index (χ0) is 21.1.